The summed E-state index contributed by atoms with van der Waals surface area (Å²) in [6, 6.07) is 0. The number of esters is 2. The molecule has 1 fully saturated rings. The molecule has 4 unspecified atom stereocenters. The molecule has 0 N–H and O–H groups in total. The lowest BCUT2D eigenvalue weighted by atomic mass is 9.48. The van der Waals surface area contributed by atoms with Crippen LogP contribution >= 0.6 is 0 Å². The third-order valence-electron chi connectivity index (χ3n) is 7.13. The number of allylic oxidation sites excluding steroid dienone is 1. The fourth-order valence-electron chi connectivity index (χ4n) is 5.66. The third kappa shape index (κ3) is 4.15. The molecule has 0 spiro atoms. The molecule has 26 heavy (non-hydrogen) atoms. The minimum Gasteiger partial charge on any atom is -0.469 e. The number of carbonyl (C=O) groups is 2. The zero-order valence-corrected chi connectivity index (χ0v) is 17.4. The van der Waals surface area contributed by atoms with Gasteiger partial charge in [-0.1, -0.05) is 40.2 Å². The van der Waals surface area contributed by atoms with Crippen LogP contribution in [0, 0.1) is 28.6 Å². The standard InChI is InChI=1S/C22H36O4/c1-15(14-19(23)25-5)8-10-17-16(20(24)26-6)9-11-18-21(2,3)12-7-13-22(17,18)4/h9,15,17-18H,7-8,10-14H2,1-6H3. The molecule has 0 heterocycles. The monoisotopic (exact) mass is 364 g/mol. The molecular formula is C22H36O4. The van der Waals surface area contributed by atoms with Crippen molar-refractivity contribution in [3.63, 3.8) is 0 Å². The van der Waals surface area contributed by atoms with Gasteiger partial charge in [-0.3, -0.25) is 4.79 Å². The lowest BCUT2D eigenvalue weighted by molar-refractivity contribution is -0.142. The first-order valence-electron chi connectivity index (χ1n) is 10.0. The summed E-state index contributed by atoms with van der Waals surface area (Å²) in [7, 11) is 2.91. The molecule has 0 saturated heterocycles. The van der Waals surface area contributed by atoms with Crippen molar-refractivity contribution in [2.45, 2.75) is 72.6 Å². The van der Waals surface area contributed by atoms with Crippen molar-refractivity contribution in [2.24, 2.45) is 28.6 Å². The maximum atomic E-state index is 12.5. The van der Waals surface area contributed by atoms with Gasteiger partial charge in [-0.2, -0.15) is 0 Å². The number of fused-ring (bicyclic) bond motifs is 1. The zero-order chi connectivity index (χ0) is 19.5. The summed E-state index contributed by atoms with van der Waals surface area (Å²) in [5, 5.41) is 0. The average molecular weight is 365 g/mol. The quantitative estimate of drug-likeness (QED) is 0.628. The highest BCUT2D eigenvalue weighted by Crippen LogP contribution is 2.60. The highest BCUT2D eigenvalue weighted by molar-refractivity contribution is 5.89. The molecule has 0 aromatic rings. The van der Waals surface area contributed by atoms with Gasteiger partial charge in [0.1, 0.15) is 0 Å². The largest absolute Gasteiger partial charge is 0.469 e. The summed E-state index contributed by atoms with van der Waals surface area (Å²) >= 11 is 0. The van der Waals surface area contributed by atoms with Crippen molar-refractivity contribution in [1.82, 2.24) is 0 Å². The van der Waals surface area contributed by atoms with Crippen molar-refractivity contribution in [3.8, 4) is 0 Å². The minimum absolute atomic E-state index is 0.116. The average Bonchev–Trinajstić information content (AvgIpc) is 2.58. The summed E-state index contributed by atoms with van der Waals surface area (Å²) in [5.74, 6) is 0.694. The Labute approximate surface area is 158 Å². The van der Waals surface area contributed by atoms with Crippen LogP contribution in [-0.2, 0) is 19.1 Å². The molecule has 1 saturated carbocycles. The van der Waals surface area contributed by atoms with Gasteiger partial charge >= 0.3 is 11.9 Å². The van der Waals surface area contributed by atoms with Crippen molar-refractivity contribution in [2.75, 3.05) is 14.2 Å². The smallest absolute Gasteiger partial charge is 0.333 e. The van der Waals surface area contributed by atoms with Gasteiger partial charge in [-0.15, -0.1) is 0 Å². The van der Waals surface area contributed by atoms with Gasteiger partial charge in [0.2, 0.25) is 0 Å². The molecule has 148 valence electrons. The third-order valence-corrected chi connectivity index (χ3v) is 7.13. The predicted octanol–water partition coefficient (Wildman–Crippen LogP) is 4.92. The number of ether oxygens (including phenoxy) is 2. The van der Waals surface area contributed by atoms with E-state index in [0.717, 1.165) is 31.3 Å². The van der Waals surface area contributed by atoms with Crippen LogP contribution in [0.25, 0.3) is 0 Å². The number of rotatable bonds is 6. The van der Waals surface area contributed by atoms with E-state index in [2.05, 4.69) is 33.8 Å². The normalized spacial score (nSPS) is 31.4. The number of carbonyl (C=O) groups excluding carboxylic acids is 2. The van der Waals surface area contributed by atoms with E-state index in [4.69, 9.17) is 9.47 Å². The topological polar surface area (TPSA) is 52.6 Å². The fraction of sp³-hybridized carbons (Fsp3) is 0.818. The maximum Gasteiger partial charge on any atom is 0.333 e. The van der Waals surface area contributed by atoms with E-state index in [1.54, 1.807) is 0 Å². The van der Waals surface area contributed by atoms with Crippen LogP contribution in [0.2, 0.25) is 0 Å². The van der Waals surface area contributed by atoms with Gasteiger partial charge in [0.25, 0.3) is 0 Å². The SMILES string of the molecule is COC(=O)CC(C)CCC1C(C(=O)OC)=CCC2C(C)(C)CCCC12C. The van der Waals surface area contributed by atoms with E-state index >= 15 is 0 Å². The summed E-state index contributed by atoms with van der Waals surface area (Å²) in [6.07, 6.45) is 8.99. The van der Waals surface area contributed by atoms with Gasteiger partial charge in [-0.05, 0) is 60.7 Å². The van der Waals surface area contributed by atoms with Crippen molar-refractivity contribution >= 4 is 11.9 Å². The number of hydrogen-bond acceptors (Lipinski definition) is 4. The summed E-state index contributed by atoms with van der Waals surface area (Å²) in [4.78, 5) is 24.0. The van der Waals surface area contributed by atoms with Crippen LogP contribution in [0.15, 0.2) is 11.6 Å². The van der Waals surface area contributed by atoms with E-state index in [9.17, 15) is 9.59 Å². The Morgan fingerprint density at radius 3 is 2.50 bits per heavy atom. The summed E-state index contributed by atoms with van der Waals surface area (Å²) in [5.41, 5.74) is 1.26. The molecule has 4 nitrogen and oxygen atoms in total. The van der Waals surface area contributed by atoms with Crippen molar-refractivity contribution in [1.29, 1.82) is 0 Å². The first kappa shape index (κ1) is 21.0. The van der Waals surface area contributed by atoms with E-state index in [0.29, 0.717) is 17.8 Å². The van der Waals surface area contributed by atoms with Crippen LogP contribution in [0.3, 0.4) is 0 Å². The molecule has 0 aromatic carbocycles. The van der Waals surface area contributed by atoms with Gasteiger partial charge in [0.05, 0.1) is 14.2 Å². The fourth-order valence-corrected chi connectivity index (χ4v) is 5.66. The molecule has 2 rings (SSSR count). The van der Waals surface area contributed by atoms with Gasteiger partial charge in [0, 0.05) is 12.0 Å². The molecule has 2 aliphatic carbocycles. The maximum absolute atomic E-state index is 12.5. The van der Waals surface area contributed by atoms with E-state index in [1.807, 2.05) is 0 Å². The van der Waals surface area contributed by atoms with E-state index in [-0.39, 0.29) is 29.2 Å². The second kappa shape index (κ2) is 8.14. The Balaban J connectivity index is 2.24. The molecule has 0 aliphatic heterocycles. The second-order valence-electron chi connectivity index (χ2n) is 9.30. The Hall–Kier alpha value is -1.32. The molecule has 0 aromatic heterocycles. The molecule has 2 aliphatic rings. The Morgan fingerprint density at radius 1 is 1.19 bits per heavy atom. The lowest BCUT2D eigenvalue weighted by Crippen LogP contribution is -2.49. The highest BCUT2D eigenvalue weighted by atomic mass is 16.5. The Morgan fingerprint density at radius 2 is 1.88 bits per heavy atom. The minimum atomic E-state index is -0.182. The molecule has 4 atom stereocenters. The van der Waals surface area contributed by atoms with Gasteiger partial charge in [0.15, 0.2) is 0 Å². The van der Waals surface area contributed by atoms with Crippen LogP contribution < -0.4 is 0 Å². The van der Waals surface area contributed by atoms with Crippen LogP contribution in [0.5, 0.6) is 0 Å². The van der Waals surface area contributed by atoms with Crippen LogP contribution in [-0.4, -0.2) is 26.2 Å². The molecule has 0 amide bonds. The molecule has 0 radical (unpaired) electrons. The lowest BCUT2D eigenvalue weighted by Gasteiger charge is -2.56. The summed E-state index contributed by atoms with van der Waals surface area (Å²) < 4.78 is 9.90. The van der Waals surface area contributed by atoms with Gasteiger partial charge in [-0.25, -0.2) is 4.79 Å². The number of hydrogen-bond donors (Lipinski definition) is 0. The molecule has 0 bridgehead atoms. The Bertz CT molecular complexity index is 562. The first-order chi connectivity index (χ1) is 12.2. The van der Waals surface area contributed by atoms with E-state index < -0.39 is 0 Å². The van der Waals surface area contributed by atoms with Crippen LogP contribution in [0.4, 0.5) is 0 Å². The highest BCUT2D eigenvalue weighted by Gasteiger charge is 2.53. The zero-order valence-electron chi connectivity index (χ0n) is 17.4. The van der Waals surface area contributed by atoms with Crippen LogP contribution in [0.1, 0.15) is 72.6 Å². The van der Waals surface area contributed by atoms with E-state index in [1.165, 1.54) is 27.1 Å². The molecular weight excluding hydrogens is 328 g/mol. The first-order valence-corrected chi connectivity index (χ1v) is 10.0. The summed E-state index contributed by atoms with van der Waals surface area (Å²) in [6.45, 7) is 9.22. The molecule has 4 heteroatoms. The number of methoxy groups -OCH3 is 2. The predicted molar refractivity (Wildman–Crippen MR) is 102 cm³/mol. The van der Waals surface area contributed by atoms with Gasteiger partial charge < -0.3 is 9.47 Å². The van der Waals surface area contributed by atoms with Crippen molar-refractivity contribution in [3.05, 3.63) is 11.6 Å². The Kier molecular flexibility index (Phi) is 6.57. The second-order valence-corrected chi connectivity index (χ2v) is 9.30. The van der Waals surface area contributed by atoms with Crippen molar-refractivity contribution < 1.29 is 19.1 Å².